The molecular formula is C43H30N2. The normalized spacial score (nSPS) is 17.1. The van der Waals surface area contributed by atoms with Gasteiger partial charge in [0.15, 0.2) is 0 Å². The van der Waals surface area contributed by atoms with Crippen LogP contribution in [0.25, 0.3) is 44.5 Å². The lowest BCUT2D eigenvalue weighted by Crippen LogP contribution is -2.22. The molecule has 2 nitrogen and oxygen atoms in total. The Labute approximate surface area is 263 Å². The number of fused-ring (bicyclic) bond motifs is 4. The SMILES string of the molecule is C1=CC2=C(c3ccc(-n4c(-c5ccccc5)nc5ccccc54)cc3)c3ccccc3C(c3ccc4ccccc4c3)C2C=C1. The fraction of sp³-hybridized carbons (Fsp3) is 0.0465. The highest BCUT2D eigenvalue weighted by molar-refractivity contribution is 5.90. The number of nitrogens with zero attached hydrogens (tertiary/aromatic N) is 2. The molecule has 45 heavy (non-hydrogen) atoms. The van der Waals surface area contributed by atoms with Crippen molar-refractivity contribution in [3.63, 3.8) is 0 Å². The third-order valence-electron chi connectivity index (χ3n) is 9.42. The summed E-state index contributed by atoms with van der Waals surface area (Å²) in [4.78, 5) is 5.05. The maximum absolute atomic E-state index is 5.05. The van der Waals surface area contributed by atoms with E-state index in [2.05, 4.69) is 174 Å². The highest BCUT2D eigenvalue weighted by atomic mass is 15.1. The van der Waals surface area contributed by atoms with Crippen LogP contribution in [0.2, 0.25) is 0 Å². The van der Waals surface area contributed by atoms with Crippen LogP contribution in [-0.4, -0.2) is 9.55 Å². The smallest absolute Gasteiger partial charge is 0.145 e. The first-order chi connectivity index (χ1) is 22.3. The van der Waals surface area contributed by atoms with Crippen molar-refractivity contribution in [2.45, 2.75) is 5.92 Å². The summed E-state index contributed by atoms with van der Waals surface area (Å²) in [5.74, 6) is 1.45. The van der Waals surface area contributed by atoms with E-state index in [0.717, 1.165) is 28.1 Å². The second-order valence-electron chi connectivity index (χ2n) is 11.9. The quantitative estimate of drug-likeness (QED) is 0.204. The van der Waals surface area contributed by atoms with Crippen LogP contribution in [0.4, 0.5) is 0 Å². The minimum atomic E-state index is 0.246. The van der Waals surface area contributed by atoms with Gasteiger partial charge in [0, 0.05) is 23.1 Å². The van der Waals surface area contributed by atoms with Gasteiger partial charge < -0.3 is 0 Å². The van der Waals surface area contributed by atoms with Crippen molar-refractivity contribution in [1.29, 1.82) is 0 Å². The van der Waals surface area contributed by atoms with Crippen LogP contribution in [-0.2, 0) is 0 Å². The molecule has 2 aliphatic rings. The maximum atomic E-state index is 5.05. The minimum absolute atomic E-state index is 0.246. The van der Waals surface area contributed by atoms with Crippen LogP contribution in [0.15, 0.2) is 175 Å². The van der Waals surface area contributed by atoms with E-state index in [0.29, 0.717) is 0 Å². The van der Waals surface area contributed by atoms with Crippen LogP contribution in [0.5, 0.6) is 0 Å². The molecule has 6 aromatic carbocycles. The number of aromatic nitrogens is 2. The molecule has 0 N–H and O–H groups in total. The highest BCUT2D eigenvalue weighted by Crippen LogP contribution is 2.50. The van der Waals surface area contributed by atoms with Gasteiger partial charge in [-0.1, -0.05) is 146 Å². The van der Waals surface area contributed by atoms with Crippen LogP contribution in [0, 0.1) is 5.92 Å². The van der Waals surface area contributed by atoms with Crippen molar-refractivity contribution in [2.75, 3.05) is 0 Å². The van der Waals surface area contributed by atoms with E-state index < -0.39 is 0 Å². The molecule has 0 saturated carbocycles. The number of allylic oxidation sites excluding steroid dienone is 5. The molecule has 0 bridgehead atoms. The standard InChI is InChI=1S/C43H30N2/c1-2-13-31(14-3-1)43-44-39-20-10-11-21-40(39)45(43)34-26-24-30(25-27-34)41-35-16-6-8-18-37(35)42(38-19-9-7-17-36(38)41)33-23-22-29-12-4-5-15-32(29)28-33/h1-28,37,42H. The molecule has 0 radical (unpaired) electrons. The number of rotatable bonds is 4. The molecule has 1 aromatic heterocycles. The molecule has 2 atom stereocenters. The zero-order valence-electron chi connectivity index (χ0n) is 24.7. The molecule has 0 aliphatic heterocycles. The van der Waals surface area contributed by atoms with Crippen molar-refractivity contribution in [1.82, 2.24) is 9.55 Å². The van der Waals surface area contributed by atoms with Gasteiger partial charge in [-0.15, -0.1) is 0 Å². The van der Waals surface area contributed by atoms with Crippen LogP contribution in [0.1, 0.15) is 28.2 Å². The lowest BCUT2D eigenvalue weighted by Gasteiger charge is -2.37. The minimum Gasteiger partial charge on any atom is -0.292 e. The summed E-state index contributed by atoms with van der Waals surface area (Å²) in [6.45, 7) is 0. The first-order valence-corrected chi connectivity index (χ1v) is 15.6. The Morgan fingerprint density at radius 1 is 0.578 bits per heavy atom. The fourth-order valence-corrected chi connectivity index (χ4v) is 7.40. The fourth-order valence-electron chi connectivity index (χ4n) is 7.40. The third kappa shape index (κ3) is 4.22. The number of imidazole rings is 1. The van der Waals surface area contributed by atoms with Gasteiger partial charge in [0.2, 0.25) is 0 Å². The van der Waals surface area contributed by atoms with Crippen molar-refractivity contribution in [3.05, 3.63) is 198 Å². The molecule has 0 amide bonds. The molecule has 9 rings (SSSR count). The van der Waals surface area contributed by atoms with Gasteiger partial charge in [0.1, 0.15) is 5.82 Å². The van der Waals surface area contributed by atoms with Gasteiger partial charge in [-0.3, -0.25) is 4.57 Å². The van der Waals surface area contributed by atoms with Crippen molar-refractivity contribution in [3.8, 4) is 17.1 Å². The molecule has 2 heteroatoms. The lowest BCUT2D eigenvalue weighted by atomic mass is 9.66. The summed E-state index contributed by atoms with van der Waals surface area (Å²) in [6, 6.07) is 52.6. The molecular weight excluding hydrogens is 544 g/mol. The van der Waals surface area contributed by atoms with E-state index in [1.165, 1.54) is 44.2 Å². The third-order valence-corrected chi connectivity index (χ3v) is 9.42. The zero-order valence-corrected chi connectivity index (χ0v) is 24.7. The van der Waals surface area contributed by atoms with E-state index in [1.54, 1.807) is 0 Å². The van der Waals surface area contributed by atoms with E-state index in [1.807, 2.05) is 0 Å². The average molecular weight is 575 g/mol. The Kier molecular flexibility index (Phi) is 5.99. The summed E-state index contributed by atoms with van der Waals surface area (Å²) in [6.07, 6.45) is 9.12. The predicted molar refractivity (Wildman–Crippen MR) is 187 cm³/mol. The molecule has 0 spiro atoms. The van der Waals surface area contributed by atoms with Gasteiger partial charge in [-0.25, -0.2) is 4.98 Å². The van der Waals surface area contributed by atoms with Crippen molar-refractivity contribution in [2.24, 2.45) is 5.92 Å². The first-order valence-electron chi connectivity index (χ1n) is 15.6. The van der Waals surface area contributed by atoms with Crippen molar-refractivity contribution < 1.29 is 0 Å². The molecule has 0 saturated heterocycles. The monoisotopic (exact) mass is 574 g/mol. The summed E-state index contributed by atoms with van der Waals surface area (Å²) in [5.41, 5.74) is 12.3. The van der Waals surface area contributed by atoms with E-state index in [4.69, 9.17) is 4.98 Å². The summed E-state index contributed by atoms with van der Waals surface area (Å²) in [5, 5.41) is 2.57. The number of para-hydroxylation sites is 2. The molecule has 212 valence electrons. The first kappa shape index (κ1) is 25.7. The average Bonchev–Trinajstić information content (AvgIpc) is 3.51. The van der Waals surface area contributed by atoms with Crippen LogP contribution < -0.4 is 0 Å². The van der Waals surface area contributed by atoms with E-state index >= 15 is 0 Å². The number of hydrogen-bond donors (Lipinski definition) is 0. The largest absolute Gasteiger partial charge is 0.292 e. The van der Waals surface area contributed by atoms with Gasteiger partial charge >= 0.3 is 0 Å². The second-order valence-corrected chi connectivity index (χ2v) is 11.9. The molecule has 7 aromatic rings. The predicted octanol–water partition coefficient (Wildman–Crippen LogP) is 10.5. The molecule has 0 fully saturated rings. The molecule has 2 aliphatic carbocycles. The van der Waals surface area contributed by atoms with Crippen molar-refractivity contribution >= 4 is 27.4 Å². The second kappa shape index (κ2) is 10.5. The summed E-state index contributed by atoms with van der Waals surface area (Å²) >= 11 is 0. The van der Waals surface area contributed by atoms with Crippen LogP contribution in [0.3, 0.4) is 0 Å². The van der Waals surface area contributed by atoms with Gasteiger partial charge in [0.05, 0.1) is 11.0 Å². The summed E-state index contributed by atoms with van der Waals surface area (Å²) in [7, 11) is 0. The topological polar surface area (TPSA) is 17.8 Å². The Morgan fingerprint density at radius 2 is 1.33 bits per heavy atom. The zero-order chi connectivity index (χ0) is 29.7. The lowest BCUT2D eigenvalue weighted by molar-refractivity contribution is 0.649. The van der Waals surface area contributed by atoms with Gasteiger partial charge in [-0.2, -0.15) is 0 Å². The van der Waals surface area contributed by atoms with E-state index in [-0.39, 0.29) is 11.8 Å². The Balaban J connectivity index is 1.19. The van der Waals surface area contributed by atoms with Gasteiger partial charge in [-0.05, 0) is 68.4 Å². The summed E-state index contributed by atoms with van der Waals surface area (Å²) < 4.78 is 2.28. The van der Waals surface area contributed by atoms with Gasteiger partial charge in [0.25, 0.3) is 0 Å². The Bertz CT molecular complexity index is 2320. The van der Waals surface area contributed by atoms with E-state index in [9.17, 15) is 0 Å². The maximum Gasteiger partial charge on any atom is 0.145 e. The number of hydrogen-bond acceptors (Lipinski definition) is 1. The highest BCUT2D eigenvalue weighted by Gasteiger charge is 2.35. The van der Waals surface area contributed by atoms with Crippen LogP contribution >= 0.6 is 0 Å². The molecule has 1 heterocycles. The number of benzene rings is 6. The molecule has 2 unspecified atom stereocenters. The Hall–Kier alpha value is -5.73. The Morgan fingerprint density at radius 3 is 2.22 bits per heavy atom.